The fourth-order valence-corrected chi connectivity index (χ4v) is 5.51. The van der Waals surface area contributed by atoms with Gasteiger partial charge in [0.2, 0.25) is 0 Å². The number of hydrogen-bond acceptors (Lipinski definition) is 6. The number of fused-ring (bicyclic) bond motifs is 1. The van der Waals surface area contributed by atoms with E-state index in [-0.39, 0.29) is 24.1 Å². The number of rotatable bonds is 6. The minimum absolute atomic E-state index is 0.0419. The zero-order valence-electron chi connectivity index (χ0n) is 23.1. The molecule has 9 heteroatoms. The van der Waals surface area contributed by atoms with Crippen LogP contribution >= 0.6 is 0 Å². The van der Waals surface area contributed by atoms with Gasteiger partial charge in [0.25, 0.3) is 0 Å². The van der Waals surface area contributed by atoms with Gasteiger partial charge in [-0.2, -0.15) is 5.10 Å². The Balaban J connectivity index is 1.47. The van der Waals surface area contributed by atoms with E-state index in [4.69, 9.17) is 14.2 Å². The molecule has 2 N–H and O–H groups in total. The highest BCUT2D eigenvalue weighted by Gasteiger charge is 2.30. The average molecular weight is 540 g/mol. The number of halogens is 1. The van der Waals surface area contributed by atoms with Crippen LogP contribution in [-0.4, -0.2) is 45.3 Å². The second kappa shape index (κ2) is 11.0. The Bertz CT molecular complexity index is 1340. The van der Waals surface area contributed by atoms with Crippen LogP contribution in [0, 0.1) is 5.82 Å². The van der Waals surface area contributed by atoms with Gasteiger partial charge in [-0.3, -0.25) is 0 Å². The van der Waals surface area contributed by atoms with E-state index < -0.39 is 17.5 Å². The summed E-state index contributed by atoms with van der Waals surface area (Å²) in [7, 11) is 0. The molecule has 0 spiro atoms. The van der Waals surface area contributed by atoms with Gasteiger partial charge in [-0.05, 0) is 100 Å². The van der Waals surface area contributed by atoms with E-state index in [0.717, 1.165) is 54.1 Å². The molecule has 3 aromatic rings. The van der Waals surface area contributed by atoms with Crippen molar-refractivity contribution in [2.75, 3.05) is 6.61 Å². The number of benzene rings is 2. The maximum atomic E-state index is 14.5. The zero-order chi connectivity index (χ0) is 27.7. The van der Waals surface area contributed by atoms with Gasteiger partial charge in [-0.15, -0.1) is 0 Å². The van der Waals surface area contributed by atoms with Crippen molar-refractivity contribution in [1.29, 1.82) is 0 Å². The number of phenols is 1. The fraction of sp³-hybridized carbons (Fsp3) is 0.533. The van der Waals surface area contributed by atoms with Crippen LogP contribution in [-0.2, 0) is 15.9 Å². The van der Waals surface area contributed by atoms with Gasteiger partial charge in [0.1, 0.15) is 17.5 Å². The third kappa shape index (κ3) is 6.13. The predicted molar refractivity (Wildman–Crippen MR) is 146 cm³/mol. The molecule has 1 aromatic heterocycles. The molecule has 2 heterocycles. The summed E-state index contributed by atoms with van der Waals surface area (Å²) in [6, 6.07) is 6.75. The van der Waals surface area contributed by atoms with Crippen LogP contribution in [0.3, 0.4) is 0 Å². The molecule has 5 rings (SSSR count). The predicted octanol–water partition coefficient (Wildman–Crippen LogP) is 6.63. The molecule has 0 unspecified atom stereocenters. The van der Waals surface area contributed by atoms with Crippen LogP contribution in [0.1, 0.15) is 78.0 Å². The highest BCUT2D eigenvalue weighted by atomic mass is 19.1. The molecular formula is C30H38FN3O5. The second-order valence-corrected chi connectivity index (χ2v) is 11.5. The van der Waals surface area contributed by atoms with Gasteiger partial charge < -0.3 is 24.6 Å². The Morgan fingerprint density at radius 3 is 2.74 bits per heavy atom. The Labute approximate surface area is 228 Å². The van der Waals surface area contributed by atoms with Crippen molar-refractivity contribution >= 4 is 17.0 Å². The Kier molecular flexibility index (Phi) is 7.71. The van der Waals surface area contributed by atoms with E-state index in [1.54, 1.807) is 6.20 Å². The number of hydrogen-bond donors (Lipinski definition) is 2. The van der Waals surface area contributed by atoms with Crippen LogP contribution in [0.5, 0.6) is 11.5 Å². The van der Waals surface area contributed by atoms with Crippen molar-refractivity contribution < 1.29 is 28.5 Å². The number of ether oxygens (including phenoxy) is 3. The smallest absolute Gasteiger partial charge is 0.407 e. The van der Waals surface area contributed by atoms with E-state index >= 15 is 0 Å². The number of nitrogens with zero attached hydrogens (tertiary/aromatic N) is 2. The number of carbonyl (C=O) groups excluding carboxylic acids is 1. The summed E-state index contributed by atoms with van der Waals surface area (Å²) >= 11 is 0. The average Bonchev–Trinajstić information content (AvgIpc) is 3.51. The van der Waals surface area contributed by atoms with Gasteiger partial charge in [-0.25, -0.2) is 13.9 Å². The van der Waals surface area contributed by atoms with E-state index in [9.17, 15) is 14.3 Å². The van der Waals surface area contributed by atoms with Crippen LogP contribution in [0.25, 0.3) is 22.0 Å². The molecule has 210 valence electrons. The first-order valence-corrected chi connectivity index (χ1v) is 13.9. The van der Waals surface area contributed by atoms with Crippen molar-refractivity contribution in [3.05, 3.63) is 41.8 Å². The number of nitrogens with one attached hydrogen (secondary N) is 1. The Morgan fingerprint density at radius 1 is 1.21 bits per heavy atom. The summed E-state index contributed by atoms with van der Waals surface area (Å²) in [5.41, 5.74) is 2.62. The highest BCUT2D eigenvalue weighted by molar-refractivity contribution is 5.91. The van der Waals surface area contributed by atoms with Crippen molar-refractivity contribution in [3.63, 3.8) is 0 Å². The summed E-state index contributed by atoms with van der Waals surface area (Å²) < 4.78 is 34.4. The van der Waals surface area contributed by atoms with Crippen molar-refractivity contribution in [2.45, 2.75) is 96.6 Å². The minimum Gasteiger partial charge on any atom is -0.505 e. The monoisotopic (exact) mass is 539 g/mol. The first kappa shape index (κ1) is 27.2. The first-order valence-electron chi connectivity index (χ1n) is 13.9. The number of aryl methyl sites for hydroxylation is 1. The van der Waals surface area contributed by atoms with E-state index in [1.165, 1.54) is 12.1 Å². The number of phenolic OH excluding ortho intramolecular Hbond substituents is 1. The van der Waals surface area contributed by atoms with Crippen molar-refractivity contribution in [3.8, 4) is 22.6 Å². The van der Waals surface area contributed by atoms with Gasteiger partial charge in [-0.1, -0.05) is 6.92 Å². The summed E-state index contributed by atoms with van der Waals surface area (Å²) in [4.78, 5) is 12.3. The molecule has 0 radical (unpaired) electrons. The van der Waals surface area contributed by atoms with E-state index in [1.807, 2.05) is 44.5 Å². The van der Waals surface area contributed by atoms with Gasteiger partial charge in [0.15, 0.2) is 17.8 Å². The molecule has 2 aromatic carbocycles. The summed E-state index contributed by atoms with van der Waals surface area (Å²) in [5, 5.41) is 18.5. The quantitative estimate of drug-likeness (QED) is 0.365. The third-order valence-corrected chi connectivity index (χ3v) is 7.37. The highest BCUT2D eigenvalue weighted by Crippen LogP contribution is 2.39. The molecule has 1 saturated heterocycles. The lowest BCUT2D eigenvalue weighted by molar-refractivity contribution is -0.0366. The summed E-state index contributed by atoms with van der Waals surface area (Å²) in [6.45, 7) is 8.18. The zero-order valence-corrected chi connectivity index (χ0v) is 23.1. The van der Waals surface area contributed by atoms with Crippen LogP contribution in [0.15, 0.2) is 30.5 Å². The maximum Gasteiger partial charge on any atom is 0.407 e. The molecule has 3 atom stereocenters. The van der Waals surface area contributed by atoms with Crippen LogP contribution < -0.4 is 10.1 Å². The molecule has 1 amide bonds. The molecule has 8 nitrogen and oxygen atoms in total. The van der Waals surface area contributed by atoms with E-state index in [0.29, 0.717) is 30.8 Å². The number of carbonyl (C=O) groups is 1. The van der Waals surface area contributed by atoms with Crippen molar-refractivity contribution in [1.82, 2.24) is 15.1 Å². The van der Waals surface area contributed by atoms with Gasteiger partial charge >= 0.3 is 6.09 Å². The molecule has 1 aliphatic heterocycles. The second-order valence-electron chi connectivity index (χ2n) is 11.5. The number of amides is 1. The SMILES string of the molecule is CCc1cc(O)c(F)cc1-c1cc(O[C@H]2CC[C@H](NC(=O)OC(C)(C)C)C2)c2cnn([C@@H]3CCCCO3)c2c1. The minimum atomic E-state index is -0.666. The third-order valence-electron chi connectivity index (χ3n) is 7.37. The number of aromatic nitrogens is 2. The maximum absolute atomic E-state index is 14.5. The lowest BCUT2D eigenvalue weighted by atomic mass is 9.96. The van der Waals surface area contributed by atoms with E-state index in [2.05, 4.69) is 10.4 Å². The summed E-state index contributed by atoms with van der Waals surface area (Å²) in [6.07, 6.45) is 6.90. The van der Waals surface area contributed by atoms with Crippen molar-refractivity contribution in [2.24, 2.45) is 0 Å². The molecule has 1 aliphatic carbocycles. The van der Waals surface area contributed by atoms with Gasteiger partial charge in [0.05, 0.1) is 17.1 Å². The lowest BCUT2D eigenvalue weighted by Gasteiger charge is -2.24. The van der Waals surface area contributed by atoms with Gasteiger partial charge in [0, 0.05) is 19.1 Å². The molecule has 1 saturated carbocycles. The number of aromatic hydroxyl groups is 1. The fourth-order valence-electron chi connectivity index (χ4n) is 5.51. The summed E-state index contributed by atoms with van der Waals surface area (Å²) in [5.74, 6) is -0.368. The molecule has 2 fully saturated rings. The van der Waals surface area contributed by atoms with Crippen LogP contribution in [0.2, 0.25) is 0 Å². The Morgan fingerprint density at radius 2 is 2.03 bits per heavy atom. The standard InChI is InChI=1S/C30H38FN3O5/c1-5-18-13-26(35)24(31)16-22(18)19-12-25-23(17-32-34(25)28-8-6-7-11-37-28)27(14-19)38-21-10-9-20(15-21)33-29(36)39-30(2,3)4/h12-14,16-17,20-21,28,35H,5-11,15H2,1-4H3,(H,33,36)/t20-,21-,28-/m0/s1. The van der Waals surface area contributed by atoms with Crippen LogP contribution in [0.4, 0.5) is 9.18 Å². The number of alkyl carbamates (subject to hydrolysis) is 1. The Hall–Kier alpha value is -3.33. The molecule has 2 aliphatic rings. The first-order chi connectivity index (χ1) is 18.6. The molecular weight excluding hydrogens is 501 g/mol. The lowest BCUT2D eigenvalue weighted by Crippen LogP contribution is -2.38. The molecule has 0 bridgehead atoms. The normalized spacial score (nSPS) is 21.7. The molecule has 39 heavy (non-hydrogen) atoms. The topological polar surface area (TPSA) is 94.8 Å². The largest absolute Gasteiger partial charge is 0.505 e.